The molecule has 1 N–H and O–H groups in total. The molecule has 2 unspecified atom stereocenters. The number of aryl methyl sites for hydroxylation is 2. The van der Waals surface area contributed by atoms with Crippen LogP contribution in [0.1, 0.15) is 37.8 Å². The lowest BCUT2D eigenvalue weighted by Crippen LogP contribution is -2.41. The minimum absolute atomic E-state index is 0.421. The van der Waals surface area contributed by atoms with Gasteiger partial charge in [-0.3, -0.25) is 0 Å². The topological polar surface area (TPSA) is 12.0 Å². The first-order chi connectivity index (χ1) is 8.44. The maximum atomic E-state index is 3.54. The predicted octanol–water partition coefficient (Wildman–Crippen LogP) is 4.17. The molecule has 0 radical (unpaired) electrons. The highest BCUT2D eigenvalue weighted by molar-refractivity contribution is 8.00. The number of benzene rings is 1. The highest BCUT2D eigenvalue weighted by atomic mass is 32.2. The SMILES string of the molecule is CNC1C(Sc2cc(C)ccc2C)CCC1(C)C. The van der Waals surface area contributed by atoms with Gasteiger partial charge in [0.15, 0.2) is 0 Å². The van der Waals surface area contributed by atoms with E-state index in [2.05, 4.69) is 70.0 Å². The van der Waals surface area contributed by atoms with Crippen molar-refractivity contribution in [1.82, 2.24) is 5.32 Å². The highest BCUT2D eigenvalue weighted by Crippen LogP contribution is 2.45. The molecule has 0 bridgehead atoms. The minimum atomic E-state index is 0.421. The quantitative estimate of drug-likeness (QED) is 0.878. The Hall–Kier alpha value is -0.470. The maximum Gasteiger partial charge on any atom is 0.0253 e. The minimum Gasteiger partial charge on any atom is -0.315 e. The molecule has 0 saturated heterocycles. The van der Waals surface area contributed by atoms with Crippen LogP contribution >= 0.6 is 11.8 Å². The van der Waals surface area contributed by atoms with Gasteiger partial charge in [-0.05, 0) is 50.8 Å². The third-order valence-electron chi connectivity index (χ3n) is 4.22. The van der Waals surface area contributed by atoms with Gasteiger partial charge in [0, 0.05) is 16.2 Å². The van der Waals surface area contributed by atoms with Crippen molar-refractivity contribution in [2.24, 2.45) is 5.41 Å². The molecule has 1 aromatic carbocycles. The maximum absolute atomic E-state index is 3.54. The molecule has 1 aliphatic carbocycles. The van der Waals surface area contributed by atoms with Gasteiger partial charge in [0.25, 0.3) is 0 Å². The van der Waals surface area contributed by atoms with Gasteiger partial charge in [-0.1, -0.05) is 31.5 Å². The summed E-state index contributed by atoms with van der Waals surface area (Å²) in [4.78, 5) is 1.46. The summed E-state index contributed by atoms with van der Waals surface area (Å²) in [6, 6.07) is 7.39. The highest BCUT2D eigenvalue weighted by Gasteiger charge is 2.41. The largest absolute Gasteiger partial charge is 0.315 e. The second-order valence-electron chi connectivity index (χ2n) is 6.22. The van der Waals surface area contributed by atoms with E-state index in [1.54, 1.807) is 0 Å². The van der Waals surface area contributed by atoms with E-state index in [0.29, 0.717) is 16.7 Å². The van der Waals surface area contributed by atoms with Crippen LogP contribution in [0.4, 0.5) is 0 Å². The van der Waals surface area contributed by atoms with Crippen LogP contribution in [0.3, 0.4) is 0 Å². The molecule has 1 fully saturated rings. The molecule has 0 amide bonds. The van der Waals surface area contributed by atoms with Gasteiger partial charge < -0.3 is 5.32 Å². The Morgan fingerprint density at radius 3 is 2.67 bits per heavy atom. The van der Waals surface area contributed by atoms with E-state index < -0.39 is 0 Å². The molecular weight excluding hydrogens is 238 g/mol. The molecule has 1 aliphatic rings. The average molecular weight is 263 g/mol. The number of hydrogen-bond acceptors (Lipinski definition) is 2. The van der Waals surface area contributed by atoms with E-state index in [0.717, 1.165) is 0 Å². The van der Waals surface area contributed by atoms with E-state index in [9.17, 15) is 0 Å². The van der Waals surface area contributed by atoms with Crippen LogP contribution in [0.2, 0.25) is 0 Å². The molecule has 2 atom stereocenters. The fraction of sp³-hybridized carbons (Fsp3) is 0.625. The Morgan fingerprint density at radius 2 is 2.00 bits per heavy atom. The second kappa shape index (κ2) is 5.26. The van der Waals surface area contributed by atoms with Crippen molar-refractivity contribution >= 4 is 11.8 Å². The van der Waals surface area contributed by atoms with Crippen molar-refractivity contribution in [2.45, 2.75) is 56.7 Å². The Kier molecular flexibility index (Phi) is 4.08. The Morgan fingerprint density at radius 1 is 1.28 bits per heavy atom. The molecular formula is C16H25NS. The lowest BCUT2D eigenvalue weighted by Gasteiger charge is -2.30. The van der Waals surface area contributed by atoms with Crippen LogP contribution in [0.15, 0.2) is 23.1 Å². The summed E-state index contributed by atoms with van der Waals surface area (Å²) in [5.74, 6) is 0. The number of thioether (sulfide) groups is 1. The predicted molar refractivity (Wildman–Crippen MR) is 81.4 cm³/mol. The van der Waals surface area contributed by atoms with Crippen LogP contribution in [0.25, 0.3) is 0 Å². The van der Waals surface area contributed by atoms with Gasteiger partial charge in [-0.15, -0.1) is 11.8 Å². The lowest BCUT2D eigenvalue weighted by molar-refractivity contribution is 0.300. The van der Waals surface area contributed by atoms with Crippen molar-refractivity contribution < 1.29 is 0 Å². The third kappa shape index (κ3) is 2.75. The van der Waals surface area contributed by atoms with Crippen molar-refractivity contribution in [3.05, 3.63) is 29.3 Å². The molecule has 2 heteroatoms. The summed E-state index contributed by atoms with van der Waals surface area (Å²) in [7, 11) is 2.11. The van der Waals surface area contributed by atoms with E-state index in [-0.39, 0.29) is 0 Å². The van der Waals surface area contributed by atoms with Crippen LogP contribution < -0.4 is 5.32 Å². The van der Waals surface area contributed by atoms with Gasteiger partial charge in [0.2, 0.25) is 0 Å². The Bertz CT molecular complexity index is 425. The Labute approximate surface area is 116 Å². The number of rotatable bonds is 3. The summed E-state index contributed by atoms with van der Waals surface area (Å²) in [6.45, 7) is 9.17. The average Bonchev–Trinajstić information content (AvgIpc) is 2.58. The summed E-state index contributed by atoms with van der Waals surface area (Å²) >= 11 is 2.06. The number of hydrogen-bond donors (Lipinski definition) is 1. The van der Waals surface area contributed by atoms with Crippen LogP contribution in [0.5, 0.6) is 0 Å². The lowest BCUT2D eigenvalue weighted by atomic mass is 9.87. The first-order valence-electron chi connectivity index (χ1n) is 6.85. The molecule has 2 rings (SSSR count). The zero-order valence-corrected chi connectivity index (χ0v) is 13.0. The molecule has 1 aromatic rings. The molecule has 1 saturated carbocycles. The third-order valence-corrected chi connectivity index (χ3v) is 5.72. The zero-order valence-electron chi connectivity index (χ0n) is 12.2. The fourth-order valence-electron chi connectivity index (χ4n) is 3.04. The monoisotopic (exact) mass is 263 g/mol. The van der Waals surface area contributed by atoms with Gasteiger partial charge in [-0.2, -0.15) is 0 Å². The van der Waals surface area contributed by atoms with E-state index in [1.807, 2.05) is 0 Å². The molecule has 100 valence electrons. The normalized spacial score (nSPS) is 26.5. The van der Waals surface area contributed by atoms with Crippen molar-refractivity contribution in [2.75, 3.05) is 7.05 Å². The van der Waals surface area contributed by atoms with Crippen LogP contribution in [-0.4, -0.2) is 18.3 Å². The summed E-state index contributed by atoms with van der Waals surface area (Å²) in [5, 5.41) is 4.24. The molecule has 0 aromatic heterocycles. The van der Waals surface area contributed by atoms with E-state index >= 15 is 0 Å². The van der Waals surface area contributed by atoms with Crippen LogP contribution in [-0.2, 0) is 0 Å². The van der Waals surface area contributed by atoms with Crippen molar-refractivity contribution in [3.63, 3.8) is 0 Å². The molecule has 1 nitrogen and oxygen atoms in total. The number of nitrogens with one attached hydrogen (secondary N) is 1. The summed E-state index contributed by atoms with van der Waals surface area (Å²) in [5.41, 5.74) is 3.19. The Balaban J connectivity index is 2.17. The molecule has 0 aliphatic heterocycles. The summed E-state index contributed by atoms with van der Waals surface area (Å²) < 4.78 is 0. The van der Waals surface area contributed by atoms with Crippen molar-refractivity contribution in [1.29, 1.82) is 0 Å². The molecule has 0 heterocycles. The molecule has 18 heavy (non-hydrogen) atoms. The van der Waals surface area contributed by atoms with E-state index in [4.69, 9.17) is 0 Å². The van der Waals surface area contributed by atoms with Crippen molar-refractivity contribution in [3.8, 4) is 0 Å². The fourth-order valence-corrected chi connectivity index (χ4v) is 4.75. The molecule has 0 spiro atoms. The first kappa shape index (κ1) is 14.0. The van der Waals surface area contributed by atoms with Crippen LogP contribution in [0, 0.1) is 19.3 Å². The smallest absolute Gasteiger partial charge is 0.0253 e. The van der Waals surface area contributed by atoms with Gasteiger partial charge in [-0.25, -0.2) is 0 Å². The summed E-state index contributed by atoms with van der Waals surface area (Å²) in [6.07, 6.45) is 2.64. The second-order valence-corrected chi connectivity index (χ2v) is 7.50. The van der Waals surface area contributed by atoms with E-state index in [1.165, 1.54) is 28.9 Å². The zero-order chi connectivity index (χ0) is 13.3. The standard InChI is InChI=1S/C16H25NS/c1-11-6-7-12(2)14(10-11)18-13-8-9-16(3,4)15(13)17-5/h6-7,10,13,15,17H,8-9H2,1-5H3. The first-order valence-corrected chi connectivity index (χ1v) is 7.73. The van der Waals surface area contributed by atoms with Gasteiger partial charge in [0.05, 0.1) is 0 Å². The van der Waals surface area contributed by atoms with Gasteiger partial charge in [0.1, 0.15) is 0 Å². The van der Waals surface area contributed by atoms with Gasteiger partial charge >= 0.3 is 0 Å².